The first-order valence-electron chi connectivity index (χ1n) is 5.70. The number of aliphatic hydroxyl groups is 1. The predicted octanol–water partition coefficient (Wildman–Crippen LogP) is 2.47. The quantitative estimate of drug-likeness (QED) is 0.865. The van der Waals surface area contributed by atoms with Crippen molar-refractivity contribution in [1.29, 1.82) is 0 Å². The fourth-order valence-corrected chi connectivity index (χ4v) is 1.92. The fraction of sp³-hybridized carbons (Fsp3) is 0.133. The van der Waals surface area contributed by atoms with Crippen LogP contribution in [0.25, 0.3) is 0 Å². The molecule has 0 aliphatic heterocycles. The molecule has 0 aliphatic carbocycles. The Morgan fingerprint density at radius 3 is 2.33 bits per heavy atom. The van der Waals surface area contributed by atoms with Gasteiger partial charge >= 0.3 is 5.97 Å². The van der Waals surface area contributed by atoms with E-state index in [-0.39, 0.29) is 12.2 Å². The third kappa shape index (κ3) is 2.76. The minimum absolute atomic E-state index is 0.0817. The molecule has 0 aromatic heterocycles. The first-order valence-corrected chi connectivity index (χ1v) is 5.70. The van der Waals surface area contributed by atoms with Gasteiger partial charge in [-0.15, -0.1) is 0 Å². The number of carboxylic acids is 1. The van der Waals surface area contributed by atoms with Gasteiger partial charge in [-0.1, -0.05) is 42.5 Å². The average Bonchev–Trinajstić information content (AvgIpc) is 2.39. The summed E-state index contributed by atoms with van der Waals surface area (Å²) in [5, 5.41) is 18.3. The molecule has 18 heavy (non-hydrogen) atoms. The molecule has 0 atom stereocenters. The molecule has 3 nitrogen and oxygen atoms in total. The zero-order chi connectivity index (χ0) is 13.0. The van der Waals surface area contributed by atoms with Crippen LogP contribution >= 0.6 is 0 Å². The largest absolute Gasteiger partial charge is 0.478 e. The van der Waals surface area contributed by atoms with E-state index in [1.807, 2.05) is 30.3 Å². The van der Waals surface area contributed by atoms with Crippen LogP contribution in [0.15, 0.2) is 48.5 Å². The molecule has 0 spiro atoms. The second-order valence-corrected chi connectivity index (χ2v) is 4.12. The summed E-state index contributed by atoms with van der Waals surface area (Å²) in [7, 11) is 0. The molecular weight excluding hydrogens is 228 g/mol. The Morgan fingerprint density at radius 1 is 1.00 bits per heavy atom. The predicted molar refractivity (Wildman–Crippen MR) is 68.6 cm³/mol. The molecule has 0 aliphatic rings. The molecule has 0 bridgehead atoms. The zero-order valence-corrected chi connectivity index (χ0v) is 9.84. The number of rotatable bonds is 4. The monoisotopic (exact) mass is 242 g/mol. The van der Waals surface area contributed by atoms with Crippen LogP contribution in [-0.4, -0.2) is 16.2 Å². The van der Waals surface area contributed by atoms with Crippen LogP contribution in [0.1, 0.15) is 27.0 Å². The molecule has 2 rings (SSSR count). The first kappa shape index (κ1) is 12.3. The van der Waals surface area contributed by atoms with E-state index in [2.05, 4.69) is 0 Å². The van der Waals surface area contributed by atoms with E-state index in [1.54, 1.807) is 18.2 Å². The van der Waals surface area contributed by atoms with Gasteiger partial charge in [0.15, 0.2) is 0 Å². The summed E-state index contributed by atoms with van der Waals surface area (Å²) in [4.78, 5) is 11.1. The van der Waals surface area contributed by atoms with Gasteiger partial charge in [-0.05, 0) is 29.2 Å². The van der Waals surface area contributed by atoms with E-state index >= 15 is 0 Å². The summed E-state index contributed by atoms with van der Waals surface area (Å²) in [5.41, 5.74) is 2.79. The maximum Gasteiger partial charge on any atom is 0.335 e. The van der Waals surface area contributed by atoms with Crippen molar-refractivity contribution in [1.82, 2.24) is 0 Å². The number of carbonyl (C=O) groups is 1. The van der Waals surface area contributed by atoms with Gasteiger partial charge in [0, 0.05) is 0 Å². The second-order valence-electron chi connectivity index (χ2n) is 4.12. The highest BCUT2D eigenvalue weighted by atomic mass is 16.4. The highest BCUT2D eigenvalue weighted by Gasteiger charge is 2.10. The SMILES string of the molecule is O=C(O)c1ccc(CO)cc1Cc1ccccc1. The Morgan fingerprint density at radius 2 is 1.72 bits per heavy atom. The summed E-state index contributed by atoms with van der Waals surface area (Å²) in [6, 6.07) is 14.6. The number of aliphatic hydroxyl groups excluding tert-OH is 1. The van der Waals surface area contributed by atoms with E-state index in [0.29, 0.717) is 6.42 Å². The van der Waals surface area contributed by atoms with Gasteiger partial charge in [-0.2, -0.15) is 0 Å². The minimum atomic E-state index is -0.939. The van der Waals surface area contributed by atoms with Crippen LogP contribution in [0.3, 0.4) is 0 Å². The molecule has 2 aromatic rings. The van der Waals surface area contributed by atoms with Crippen molar-refractivity contribution in [3.63, 3.8) is 0 Å². The van der Waals surface area contributed by atoms with Crippen molar-refractivity contribution in [2.24, 2.45) is 0 Å². The highest BCUT2D eigenvalue weighted by molar-refractivity contribution is 5.89. The Labute approximate surface area is 105 Å². The maximum atomic E-state index is 11.1. The third-order valence-electron chi connectivity index (χ3n) is 2.82. The van der Waals surface area contributed by atoms with Crippen LogP contribution in [0.5, 0.6) is 0 Å². The summed E-state index contributed by atoms with van der Waals surface area (Å²) < 4.78 is 0. The number of hydrogen-bond donors (Lipinski definition) is 2. The molecule has 0 saturated carbocycles. The highest BCUT2D eigenvalue weighted by Crippen LogP contribution is 2.17. The zero-order valence-electron chi connectivity index (χ0n) is 9.84. The van der Waals surface area contributed by atoms with Gasteiger partial charge < -0.3 is 10.2 Å². The van der Waals surface area contributed by atoms with Crippen molar-refractivity contribution < 1.29 is 15.0 Å². The molecule has 0 fully saturated rings. The van der Waals surface area contributed by atoms with Crippen molar-refractivity contribution in [2.75, 3.05) is 0 Å². The normalized spacial score (nSPS) is 10.3. The molecule has 2 N–H and O–H groups in total. The average molecular weight is 242 g/mol. The Hall–Kier alpha value is -2.13. The number of benzene rings is 2. The lowest BCUT2D eigenvalue weighted by atomic mass is 9.97. The van der Waals surface area contributed by atoms with Crippen molar-refractivity contribution in [2.45, 2.75) is 13.0 Å². The molecule has 0 heterocycles. The van der Waals surface area contributed by atoms with Crippen molar-refractivity contribution in [3.8, 4) is 0 Å². The van der Waals surface area contributed by atoms with E-state index in [0.717, 1.165) is 16.7 Å². The second kappa shape index (κ2) is 5.47. The molecular formula is C15H14O3. The van der Waals surface area contributed by atoms with Gasteiger partial charge in [0.05, 0.1) is 12.2 Å². The lowest BCUT2D eigenvalue weighted by Gasteiger charge is -2.08. The molecule has 92 valence electrons. The molecule has 0 unspecified atom stereocenters. The number of aromatic carboxylic acids is 1. The topological polar surface area (TPSA) is 57.5 Å². The Bertz CT molecular complexity index is 547. The van der Waals surface area contributed by atoms with Crippen LogP contribution in [0.2, 0.25) is 0 Å². The van der Waals surface area contributed by atoms with Crippen molar-refractivity contribution >= 4 is 5.97 Å². The number of hydrogen-bond acceptors (Lipinski definition) is 2. The Balaban J connectivity index is 2.38. The third-order valence-corrected chi connectivity index (χ3v) is 2.82. The molecule has 3 heteroatoms. The lowest BCUT2D eigenvalue weighted by molar-refractivity contribution is 0.0695. The smallest absolute Gasteiger partial charge is 0.335 e. The van der Waals surface area contributed by atoms with Crippen molar-refractivity contribution in [3.05, 3.63) is 70.8 Å². The van der Waals surface area contributed by atoms with E-state index < -0.39 is 5.97 Å². The van der Waals surface area contributed by atoms with Gasteiger partial charge in [0.25, 0.3) is 0 Å². The van der Waals surface area contributed by atoms with Crippen LogP contribution < -0.4 is 0 Å². The minimum Gasteiger partial charge on any atom is -0.478 e. The van der Waals surface area contributed by atoms with Gasteiger partial charge in [-0.3, -0.25) is 0 Å². The lowest BCUT2D eigenvalue weighted by Crippen LogP contribution is -2.04. The molecule has 0 amide bonds. The standard InChI is InChI=1S/C15H14O3/c16-10-12-6-7-14(15(17)18)13(9-12)8-11-4-2-1-3-5-11/h1-7,9,16H,8,10H2,(H,17,18). The summed E-state index contributed by atoms with van der Waals surface area (Å²) in [5.74, 6) is -0.939. The van der Waals surface area contributed by atoms with E-state index in [1.165, 1.54) is 0 Å². The van der Waals surface area contributed by atoms with Crippen LogP contribution in [0.4, 0.5) is 0 Å². The van der Waals surface area contributed by atoms with Gasteiger partial charge in [-0.25, -0.2) is 4.79 Å². The molecule has 0 radical (unpaired) electrons. The summed E-state index contributed by atoms with van der Waals surface area (Å²) in [6.07, 6.45) is 0.552. The van der Waals surface area contributed by atoms with Crippen LogP contribution in [-0.2, 0) is 13.0 Å². The van der Waals surface area contributed by atoms with Crippen LogP contribution in [0, 0.1) is 0 Å². The maximum absolute atomic E-state index is 11.1. The Kier molecular flexibility index (Phi) is 3.75. The van der Waals surface area contributed by atoms with Gasteiger partial charge in [0.1, 0.15) is 0 Å². The van der Waals surface area contributed by atoms with E-state index in [4.69, 9.17) is 10.2 Å². The summed E-state index contributed by atoms with van der Waals surface area (Å²) >= 11 is 0. The number of carboxylic acid groups (broad SMARTS) is 1. The fourth-order valence-electron chi connectivity index (χ4n) is 1.92. The molecule has 2 aromatic carbocycles. The van der Waals surface area contributed by atoms with Gasteiger partial charge in [0.2, 0.25) is 0 Å². The molecule has 0 saturated heterocycles. The summed E-state index contributed by atoms with van der Waals surface area (Å²) in [6.45, 7) is -0.0817. The first-order chi connectivity index (χ1) is 8.70. The van der Waals surface area contributed by atoms with E-state index in [9.17, 15) is 4.79 Å².